The van der Waals surface area contributed by atoms with Crippen molar-refractivity contribution in [1.82, 2.24) is 4.90 Å². The van der Waals surface area contributed by atoms with E-state index in [1.807, 2.05) is 26.0 Å². The van der Waals surface area contributed by atoms with Gasteiger partial charge < -0.3 is 10.0 Å². The molecule has 0 bridgehead atoms. The summed E-state index contributed by atoms with van der Waals surface area (Å²) >= 11 is 3.32. The van der Waals surface area contributed by atoms with Crippen molar-refractivity contribution < 1.29 is 14.7 Å². The number of halogens is 1. The molecule has 0 radical (unpaired) electrons. The summed E-state index contributed by atoms with van der Waals surface area (Å²) in [5.41, 5.74) is 1.48. The van der Waals surface area contributed by atoms with Gasteiger partial charge in [0.25, 0.3) is 5.91 Å². The van der Waals surface area contributed by atoms with Crippen molar-refractivity contribution in [3.8, 4) is 0 Å². The summed E-state index contributed by atoms with van der Waals surface area (Å²) < 4.78 is 0.827. The van der Waals surface area contributed by atoms with Crippen LogP contribution in [0.5, 0.6) is 0 Å². The van der Waals surface area contributed by atoms with Crippen LogP contribution in [-0.2, 0) is 11.3 Å². The quantitative estimate of drug-likeness (QED) is 0.933. The fourth-order valence-corrected chi connectivity index (χ4v) is 2.66. The lowest BCUT2D eigenvalue weighted by Crippen LogP contribution is -2.44. The lowest BCUT2D eigenvalue weighted by atomic mass is 10.0. The topological polar surface area (TPSA) is 57.6 Å². The molecule has 0 aromatic heterocycles. The SMILES string of the molecule is CC(C)C(C(=O)O)N1Cc2ccc(Br)cc2C1=O. The second-order valence-electron chi connectivity index (χ2n) is 4.76. The molecule has 0 fully saturated rings. The predicted molar refractivity (Wildman–Crippen MR) is 70.3 cm³/mol. The highest BCUT2D eigenvalue weighted by Gasteiger charge is 2.37. The molecule has 1 N–H and O–H groups in total. The van der Waals surface area contributed by atoms with Gasteiger partial charge in [0.1, 0.15) is 6.04 Å². The van der Waals surface area contributed by atoms with Gasteiger partial charge in [-0.3, -0.25) is 4.79 Å². The van der Waals surface area contributed by atoms with Crippen LogP contribution in [0.2, 0.25) is 0 Å². The Kier molecular flexibility index (Phi) is 3.43. The van der Waals surface area contributed by atoms with Gasteiger partial charge in [0.2, 0.25) is 0 Å². The molecule has 1 aromatic carbocycles. The summed E-state index contributed by atoms with van der Waals surface area (Å²) in [6, 6.07) is 4.69. The molecule has 0 saturated carbocycles. The van der Waals surface area contributed by atoms with Gasteiger partial charge in [-0.25, -0.2) is 4.79 Å². The van der Waals surface area contributed by atoms with Crippen LogP contribution in [0.25, 0.3) is 0 Å². The normalized spacial score (nSPS) is 16.0. The summed E-state index contributed by atoms with van der Waals surface area (Å²) in [7, 11) is 0. The maximum absolute atomic E-state index is 12.2. The molecular weight excluding hydrogens is 298 g/mol. The Hall–Kier alpha value is -1.36. The number of hydrogen-bond acceptors (Lipinski definition) is 2. The van der Waals surface area contributed by atoms with E-state index in [9.17, 15) is 14.7 Å². The number of carbonyl (C=O) groups excluding carboxylic acids is 1. The first-order chi connectivity index (χ1) is 8.41. The molecule has 1 aliphatic heterocycles. The number of carboxylic acid groups (broad SMARTS) is 1. The van der Waals surface area contributed by atoms with E-state index in [0.29, 0.717) is 12.1 Å². The van der Waals surface area contributed by atoms with Crippen LogP contribution in [0.3, 0.4) is 0 Å². The van der Waals surface area contributed by atoms with Gasteiger partial charge in [-0.1, -0.05) is 35.8 Å². The predicted octanol–water partition coefficient (Wildman–Crippen LogP) is 2.51. The molecule has 1 amide bonds. The Bertz CT molecular complexity index is 513. The van der Waals surface area contributed by atoms with Gasteiger partial charge in [0.05, 0.1) is 0 Å². The van der Waals surface area contributed by atoms with Crippen LogP contribution < -0.4 is 0 Å². The monoisotopic (exact) mass is 311 g/mol. The van der Waals surface area contributed by atoms with E-state index in [1.165, 1.54) is 4.90 Å². The molecule has 5 heteroatoms. The number of hydrogen-bond donors (Lipinski definition) is 1. The molecule has 18 heavy (non-hydrogen) atoms. The average molecular weight is 312 g/mol. The number of carbonyl (C=O) groups is 2. The summed E-state index contributed by atoms with van der Waals surface area (Å²) in [6.45, 7) is 3.99. The second kappa shape index (κ2) is 4.72. The highest BCUT2D eigenvalue weighted by Crippen LogP contribution is 2.29. The summed E-state index contributed by atoms with van der Waals surface area (Å²) in [6.07, 6.45) is 0. The molecule has 0 saturated heterocycles. The van der Waals surface area contributed by atoms with Crippen molar-refractivity contribution in [3.05, 3.63) is 33.8 Å². The van der Waals surface area contributed by atoms with Gasteiger partial charge in [-0.2, -0.15) is 0 Å². The van der Waals surface area contributed by atoms with Crippen LogP contribution in [0, 0.1) is 5.92 Å². The van der Waals surface area contributed by atoms with E-state index in [4.69, 9.17) is 0 Å². The molecule has 1 aliphatic rings. The molecule has 4 nitrogen and oxygen atoms in total. The molecule has 1 unspecified atom stereocenters. The molecule has 1 atom stereocenters. The molecule has 96 valence electrons. The van der Waals surface area contributed by atoms with Crippen molar-refractivity contribution in [2.75, 3.05) is 0 Å². The lowest BCUT2D eigenvalue weighted by Gasteiger charge is -2.27. The first-order valence-corrected chi connectivity index (χ1v) is 6.53. The van der Waals surface area contributed by atoms with E-state index >= 15 is 0 Å². The van der Waals surface area contributed by atoms with Crippen molar-refractivity contribution in [3.63, 3.8) is 0 Å². The number of rotatable bonds is 3. The van der Waals surface area contributed by atoms with Crippen molar-refractivity contribution >= 4 is 27.8 Å². The van der Waals surface area contributed by atoms with E-state index in [-0.39, 0.29) is 11.8 Å². The van der Waals surface area contributed by atoms with Crippen molar-refractivity contribution in [1.29, 1.82) is 0 Å². The molecule has 0 spiro atoms. The van der Waals surface area contributed by atoms with Gasteiger partial charge in [0, 0.05) is 16.6 Å². The number of fused-ring (bicyclic) bond motifs is 1. The maximum atomic E-state index is 12.2. The Balaban J connectivity index is 2.36. The minimum Gasteiger partial charge on any atom is -0.480 e. The van der Waals surface area contributed by atoms with Crippen LogP contribution >= 0.6 is 15.9 Å². The third-order valence-corrected chi connectivity index (χ3v) is 3.62. The smallest absolute Gasteiger partial charge is 0.326 e. The van der Waals surface area contributed by atoms with E-state index in [2.05, 4.69) is 15.9 Å². The fraction of sp³-hybridized carbons (Fsp3) is 0.385. The first kappa shape index (κ1) is 13.1. The number of amides is 1. The first-order valence-electron chi connectivity index (χ1n) is 5.74. The average Bonchev–Trinajstić information content (AvgIpc) is 2.56. The third kappa shape index (κ3) is 2.14. The maximum Gasteiger partial charge on any atom is 0.326 e. The Labute approximate surface area is 114 Å². The zero-order valence-electron chi connectivity index (χ0n) is 10.2. The molecule has 0 aliphatic carbocycles. The minimum atomic E-state index is -0.953. The molecule has 1 aromatic rings. The third-order valence-electron chi connectivity index (χ3n) is 3.12. The van der Waals surface area contributed by atoms with Crippen molar-refractivity contribution in [2.24, 2.45) is 5.92 Å². The number of carboxylic acids is 1. The molecule has 2 rings (SSSR count). The summed E-state index contributed by atoms with van der Waals surface area (Å²) in [5, 5.41) is 9.25. The van der Waals surface area contributed by atoms with Gasteiger partial charge in [-0.05, 0) is 23.6 Å². The number of benzene rings is 1. The van der Waals surface area contributed by atoms with E-state index in [1.54, 1.807) is 6.07 Å². The van der Waals surface area contributed by atoms with Gasteiger partial charge in [-0.15, -0.1) is 0 Å². The van der Waals surface area contributed by atoms with Crippen LogP contribution in [0.15, 0.2) is 22.7 Å². The lowest BCUT2D eigenvalue weighted by molar-refractivity contribution is -0.144. The van der Waals surface area contributed by atoms with Crippen LogP contribution in [-0.4, -0.2) is 27.9 Å². The Morgan fingerprint density at radius 3 is 2.67 bits per heavy atom. The summed E-state index contributed by atoms with van der Waals surface area (Å²) in [5.74, 6) is -1.28. The fourth-order valence-electron chi connectivity index (χ4n) is 2.30. The van der Waals surface area contributed by atoms with Crippen LogP contribution in [0.4, 0.5) is 0 Å². The standard InChI is InChI=1S/C13H14BrNO3/c1-7(2)11(13(17)18)15-6-8-3-4-9(14)5-10(8)12(15)16/h3-5,7,11H,6H2,1-2H3,(H,17,18). The number of aliphatic carboxylic acids is 1. The summed E-state index contributed by atoms with van der Waals surface area (Å²) in [4.78, 5) is 25.0. The van der Waals surface area contributed by atoms with Gasteiger partial charge >= 0.3 is 5.97 Å². The van der Waals surface area contributed by atoms with Gasteiger partial charge in [0.15, 0.2) is 0 Å². The van der Waals surface area contributed by atoms with E-state index < -0.39 is 12.0 Å². The molecule has 1 heterocycles. The number of nitrogens with zero attached hydrogens (tertiary/aromatic N) is 1. The zero-order chi connectivity index (χ0) is 13.4. The molecular formula is C13H14BrNO3. The van der Waals surface area contributed by atoms with Crippen molar-refractivity contribution in [2.45, 2.75) is 26.4 Å². The van der Waals surface area contributed by atoms with Crippen LogP contribution in [0.1, 0.15) is 29.8 Å². The minimum absolute atomic E-state index is 0.121. The largest absolute Gasteiger partial charge is 0.480 e. The second-order valence-corrected chi connectivity index (χ2v) is 5.68. The highest BCUT2D eigenvalue weighted by atomic mass is 79.9. The van der Waals surface area contributed by atoms with E-state index in [0.717, 1.165) is 10.0 Å². The highest BCUT2D eigenvalue weighted by molar-refractivity contribution is 9.10. The Morgan fingerprint density at radius 1 is 1.44 bits per heavy atom. The Morgan fingerprint density at radius 2 is 2.11 bits per heavy atom. The zero-order valence-corrected chi connectivity index (χ0v) is 11.8.